The number of benzene rings is 15. The van der Waals surface area contributed by atoms with Gasteiger partial charge in [0, 0.05) is 76.5 Å². The predicted octanol–water partition coefficient (Wildman–Crippen LogP) is 25.9. The first-order chi connectivity index (χ1) is 64.1. The van der Waals surface area contributed by atoms with Gasteiger partial charge in [-0.2, -0.15) is 13.7 Å². The molecule has 624 valence electrons. The maximum atomic E-state index is 7.64. The molecule has 25 aromatic rings. The predicted molar refractivity (Wildman–Crippen MR) is 521 cm³/mol. The first kappa shape index (κ1) is 76.6. The van der Waals surface area contributed by atoms with Crippen molar-refractivity contribution in [2.75, 3.05) is 0 Å². The first-order valence-corrected chi connectivity index (χ1v) is 43.3. The van der Waals surface area contributed by atoms with Gasteiger partial charge in [-0.25, -0.2) is 19.1 Å². The zero-order chi connectivity index (χ0) is 90.8. The van der Waals surface area contributed by atoms with Crippen molar-refractivity contribution in [1.82, 2.24) is 24.9 Å². The van der Waals surface area contributed by atoms with Crippen LogP contribution in [0.2, 0.25) is 0 Å². The molecule has 0 saturated carbocycles. The molecule has 15 nitrogen and oxygen atoms in total. The summed E-state index contributed by atoms with van der Waals surface area (Å²) in [7, 11) is 10.0. The second-order valence-electron chi connectivity index (χ2n) is 33.7. The van der Waals surface area contributed by atoms with E-state index in [1.165, 1.54) is 86.9 Å². The molecule has 0 bridgehead atoms. The molecule has 0 atom stereocenters. The number of rotatable bonds is 5. The SMILES string of the molecule is Cc1c(-c2cncc[n+]2C)c2oc3ccccc3c2c2ccccc12.Cc1c[n+](C)c(-c2c(C)c3ccccc3c3c2oc2ccccc23)cn1.Cc1cc[n+](C)c(-c2c(C)c3ccccc3c3c2oc2ccccc23)n1.Cc1cnc(-c2c(C)c3ccccc3c3c2oc2ccccc23)[n+](C)c1.[2H]C([2H])([2H])c1c[n+](C)c(-c2c(C)c3ccccc3c3c2oc2ccccc23)cn1. The van der Waals surface area contributed by atoms with E-state index in [2.05, 4.69) is 264 Å². The van der Waals surface area contributed by atoms with Gasteiger partial charge < -0.3 is 22.1 Å². The van der Waals surface area contributed by atoms with E-state index in [1.54, 1.807) is 18.6 Å². The average Bonchev–Trinajstić information content (AvgIpc) is 1.57. The van der Waals surface area contributed by atoms with Gasteiger partial charge in [0.1, 0.15) is 94.5 Å². The highest BCUT2D eigenvalue weighted by Crippen LogP contribution is 2.49. The average molecular weight is 1690 g/mol. The van der Waals surface area contributed by atoms with E-state index in [0.29, 0.717) is 0 Å². The summed E-state index contributed by atoms with van der Waals surface area (Å²) >= 11 is 0. The van der Waals surface area contributed by atoms with Crippen molar-refractivity contribution in [3.05, 3.63) is 361 Å². The van der Waals surface area contributed by atoms with Gasteiger partial charge in [0.15, 0.2) is 35.5 Å². The molecule has 0 amide bonds. The molecule has 0 N–H and O–H groups in total. The monoisotopic (exact) mass is 1680 g/mol. The van der Waals surface area contributed by atoms with Gasteiger partial charge in [0.25, 0.3) is 0 Å². The third-order valence-corrected chi connectivity index (χ3v) is 25.6. The van der Waals surface area contributed by atoms with Crippen LogP contribution in [0, 0.1) is 62.2 Å². The topological polar surface area (TPSA) is 150 Å². The highest BCUT2D eigenvalue weighted by Gasteiger charge is 2.32. The molecule has 25 rings (SSSR count). The molecule has 10 aromatic heterocycles. The number of para-hydroxylation sites is 5. The number of fused-ring (bicyclic) bond motifs is 25. The third-order valence-electron chi connectivity index (χ3n) is 25.6. The summed E-state index contributed by atoms with van der Waals surface area (Å²) in [5.41, 5.74) is 26.3. The van der Waals surface area contributed by atoms with E-state index in [9.17, 15) is 0 Å². The third kappa shape index (κ3) is 13.5. The zero-order valence-corrected chi connectivity index (χ0v) is 74.0. The molecule has 0 aliphatic heterocycles. The number of aryl methyl sites for hydroxylation is 14. The van der Waals surface area contributed by atoms with Gasteiger partial charge in [-0.15, -0.1) is 0 Å². The molecule has 15 heteroatoms. The Balaban J connectivity index is 0.0000000995. The molecule has 0 unspecified atom stereocenters. The van der Waals surface area contributed by atoms with Gasteiger partial charge in [-0.05, 0) is 177 Å². The summed E-state index contributed by atoms with van der Waals surface area (Å²) in [6.07, 6.45) is 19.0. The van der Waals surface area contributed by atoms with Crippen molar-refractivity contribution in [3.8, 4) is 56.5 Å². The Bertz CT molecular complexity index is 8840. The number of hydrogen-bond acceptors (Lipinski definition) is 10. The van der Waals surface area contributed by atoms with Crippen LogP contribution in [0.5, 0.6) is 0 Å². The van der Waals surface area contributed by atoms with Crippen molar-refractivity contribution >= 4 is 164 Å². The fourth-order valence-corrected chi connectivity index (χ4v) is 19.6. The van der Waals surface area contributed by atoms with E-state index in [4.69, 9.17) is 36.2 Å². The summed E-state index contributed by atoms with van der Waals surface area (Å²) in [5.74, 6) is 1.85. The van der Waals surface area contributed by atoms with E-state index in [1.807, 2.05) is 156 Å². The lowest BCUT2D eigenvalue weighted by Gasteiger charge is -2.10. The summed E-state index contributed by atoms with van der Waals surface area (Å²) in [5, 5.41) is 23.6. The van der Waals surface area contributed by atoms with Crippen molar-refractivity contribution < 1.29 is 49.0 Å². The van der Waals surface area contributed by atoms with Crippen LogP contribution in [0.1, 0.15) is 54.6 Å². The van der Waals surface area contributed by atoms with Crippen LogP contribution in [0.15, 0.2) is 333 Å². The Morgan fingerprint density at radius 1 is 0.248 bits per heavy atom. The van der Waals surface area contributed by atoms with Gasteiger partial charge in [0.2, 0.25) is 17.1 Å². The Labute approximate surface area is 748 Å². The minimum Gasteiger partial charge on any atom is -0.455 e. The van der Waals surface area contributed by atoms with Crippen LogP contribution in [0.4, 0.5) is 0 Å². The van der Waals surface area contributed by atoms with Gasteiger partial charge >= 0.3 is 11.6 Å². The molecule has 0 saturated heterocycles. The van der Waals surface area contributed by atoms with Crippen molar-refractivity contribution in [2.24, 2.45) is 35.2 Å². The fourth-order valence-electron chi connectivity index (χ4n) is 19.6. The maximum absolute atomic E-state index is 7.64. The Hall–Kier alpha value is -16.0. The summed E-state index contributed by atoms with van der Waals surface area (Å²) in [4.78, 5) is 22.7. The maximum Gasteiger partial charge on any atom is 0.334 e. The second-order valence-corrected chi connectivity index (χ2v) is 33.7. The normalized spacial score (nSPS) is 12.1. The van der Waals surface area contributed by atoms with Crippen LogP contribution in [0.3, 0.4) is 0 Å². The summed E-state index contributed by atoms with van der Waals surface area (Å²) < 4.78 is 64.9. The Morgan fingerprint density at radius 2 is 0.543 bits per heavy atom. The number of furan rings is 5. The molecule has 0 spiro atoms. The lowest BCUT2D eigenvalue weighted by Crippen LogP contribution is -2.32. The minimum atomic E-state index is -2.25. The van der Waals surface area contributed by atoms with E-state index >= 15 is 0 Å². The summed E-state index contributed by atoms with van der Waals surface area (Å²) in [6, 6.07) is 85.6. The standard InChI is InChI=1S/4C23H19N2O.C22H17N2O/c2*1-14-13-25(3)19(12-24-14)21-15(2)16-8-4-5-9-17(16)22-18-10-6-7-11-20(18)26-23(21)22;1-14-12-24-23(25(3)13-14)20-15(2)16-8-4-5-9-17(16)21-18-10-6-7-11-19(18)26-22(20)21;1-14-12-13-25(3)23(24-14)20-15(2)16-8-4-5-9-17(16)21-18-10-6-7-11-19(18)26-22(20)21;1-14-15-7-3-4-8-16(15)21-17-9-5-6-10-19(17)25-22(21)20(14)18-13-23-11-12-24(18)2/h4*4-13H,1-3H3;3-13H,1-2H3/q5*+1/i1D3;;;;. The zero-order valence-electron chi connectivity index (χ0n) is 77.0. The molecule has 129 heavy (non-hydrogen) atoms. The first-order valence-electron chi connectivity index (χ1n) is 44.8. The van der Waals surface area contributed by atoms with Gasteiger partial charge in [0.05, 0.1) is 68.0 Å². The largest absolute Gasteiger partial charge is 0.455 e. The molecule has 0 aliphatic carbocycles. The Kier molecular flexibility index (Phi) is 19.1. The molecular formula is C114H93N10O5+5. The molecule has 0 fully saturated rings. The van der Waals surface area contributed by atoms with E-state index < -0.39 is 6.85 Å². The number of hydrogen-bond donors (Lipinski definition) is 0. The molecule has 0 radical (unpaired) electrons. The van der Waals surface area contributed by atoms with Crippen LogP contribution in [0.25, 0.3) is 220 Å². The van der Waals surface area contributed by atoms with Crippen LogP contribution in [-0.2, 0) is 35.2 Å². The van der Waals surface area contributed by atoms with E-state index in [0.717, 1.165) is 178 Å². The second kappa shape index (κ2) is 32.2. The van der Waals surface area contributed by atoms with E-state index in [-0.39, 0.29) is 5.69 Å². The quantitative estimate of drug-likeness (QED) is 0.152. The molecular weight excluding hydrogens is 1590 g/mol. The lowest BCUT2D eigenvalue weighted by molar-refractivity contribution is -0.663. The van der Waals surface area contributed by atoms with Crippen LogP contribution < -0.4 is 22.8 Å². The smallest absolute Gasteiger partial charge is 0.334 e. The van der Waals surface area contributed by atoms with Crippen LogP contribution >= 0.6 is 0 Å². The Morgan fingerprint density at radius 3 is 0.876 bits per heavy atom. The molecule has 10 heterocycles. The van der Waals surface area contributed by atoms with Crippen molar-refractivity contribution in [1.29, 1.82) is 0 Å². The highest BCUT2D eigenvalue weighted by molar-refractivity contribution is 6.28. The fraction of sp³-hybridized carbons (Fsp3) is 0.123. The lowest BCUT2D eigenvalue weighted by atomic mass is 9.93. The van der Waals surface area contributed by atoms with Gasteiger partial charge in [-0.1, -0.05) is 212 Å². The minimum absolute atomic E-state index is 0.0723. The summed E-state index contributed by atoms with van der Waals surface area (Å²) in [6.45, 7) is 14.6. The molecule has 15 aromatic carbocycles. The highest BCUT2D eigenvalue weighted by atomic mass is 16.3. The number of aromatic nitrogens is 10. The van der Waals surface area contributed by atoms with Crippen LogP contribution in [-0.4, -0.2) is 24.9 Å². The number of nitrogens with zero attached hydrogens (tertiary/aromatic N) is 10. The van der Waals surface area contributed by atoms with Crippen molar-refractivity contribution in [3.63, 3.8) is 0 Å². The van der Waals surface area contributed by atoms with Gasteiger partial charge in [-0.3, -0.25) is 4.98 Å². The molecule has 0 aliphatic rings. The van der Waals surface area contributed by atoms with Crippen molar-refractivity contribution in [2.45, 2.75) is 62.2 Å².